The highest BCUT2D eigenvalue weighted by Crippen LogP contribution is 2.13. The van der Waals surface area contributed by atoms with Crippen LogP contribution < -0.4 is 26.5 Å². The second kappa shape index (κ2) is 12.1. The number of aromatic nitrogens is 2. The van der Waals surface area contributed by atoms with Crippen molar-refractivity contribution in [2.75, 3.05) is 13.2 Å². The quantitative estimate of drug-likeness (QED) is 0.307. The van der Waals surface area contributed by atoms with E-state index in [1.54, 1.807) is 48.5 Å². The zero-order chi connectivity index (χ0) is 24.3. The first-order chi connectivity index (χ1) is 16.5. The summed E-state index contributed by atoms with van der Waals surface area (Å²) in [5, 5.41) is 7.39. The molecule has 0 saturated carbocycles. The summed E-state index contributed by atoms with van der Waals surface area (Å²) in [6, 6.07) is 15.5. The number of carbonyl (C=O) groups excluding carboxylic acids is 3. The highest BCUT2D eigenvalue weighted by molar-refractivity contribution is 6.05. The second-order valence-corrected chi connectivity index (χ2v) is 7.51. The molecule has 178 valence electrons. The Balaban J connectivity index is 1.56. The van der Waals surface area contributed by atoms with Gasteiger partial charge in [0.2, 0.25) is 0 Å². The van der Waals surface area contributed by atoms with E-state index in [9.17, 15) is 19.2 Å². The Morgan fingerprint density at radius 1 is 0.912 bits per heavy atom. The second-order valence-electron chi connectivity index (χ2n) is 7.51. The number of unbranched alkanes of at least 4 members (excludes halogenated alkanes) is 2. The number of hydrogen-bond donors (Lipinski definition) is 3. The lowest BCUT2D eigenvalue weighted by atomic mass is 10.1. The molecule has 0 saturated heterocycles. The van der Waals surface area contributed by atoms with Crippen molar-refractivity contribution in [2.24, 2.45) is 0 Å². The minimum Gasteiger partial charge on any atom is -0.484 e. The van der Waals surface area contributed by atoms with Gasteiger partial charge in [0.1, 0.15) is 5.75 Å². The van der Waals surface area contributed by atoms with E-state index < -0.39 is 17.7 Å². The van der Waals surface area contributed by atoms with Crippen molar-refractivity contribution in [1.82, 2.24) is 25.9 Å². The van der Waals surface area contributed by atoms with Crippen molar-refractivity contribution in [2.45, 2.75) is 32.7 Å². The van der Waals surface area contributed by atoms with Gasteiger partial charge >= 0.3 is 0 Å². The summed E-state index contributed by atoms with van der Waals surface area (Å²) in [5.41, 5.74) is 4.28. The summed E-state index contributed by atoms with van der Waals surface area (Å²) in [6.07, 6.45) is 2.67. The number of hydrazine groups is 1. The number of para-hydroxylation sites is 1. The number of nitrogens with one attached hydrogen (secondary N) is 3. The van der Waals surface area contributed by atoms with Gasteiger partial charge in [0.25, 0.3) is 23.3 Å². The molecule has 0 radical (unpaired) electrons. The molecule has 0 aliphatic heterocycles. The Kier molecular flexibility index (Phi) is 8.73. The van der Waals surface area contributed by atoms with Crippen LogP contribution in [0.5, 0.6) is 5.75 Å². The van der Waals surface area contributed by atoms with Crippen molar-refractivity contribution in [3.05, 3.63) is 70.6 Å². The summed E-state index contributed by atoms with van der Waals surface area (Å²) in [4.78, 5) is 49.4. The number of rotatable bonds is 10. The van der Waals surface area contributed by atoms with Crippen LogP contribution in [0.4, 0.5) is 0 Å². The Bertz CT molecular complexity index is 1210. The minimum atomic E-state index is -0.674. The van der Waals surface area contributed by atoms with Gasteiger partial charge in [0.05, 0.1) is 11.9 Å². The molecule has 10 nitrogen and oxygen atoms in total. The van der Waals surface area contributed by atoms with Gasteiger partial charge in [0.15, 0.2) is 12.3 Å². The molecule has 0 bridgehead atoms. The molecule has 3 N–H and O–H groups in total. The SMILES string of the molecule is CCCCCn1nc(C(=O)NNC(=O)CNC(=O)COc2ccccc2)c2ccccc2c1=O. The Labute approximate surface area is 196 Å². The average Bonchev–Trinajstić information content (AvgIpc) is 2.87. The third kappa shape index (κ3) is 6.64. The van der Waals surface area contributed by atoms with Crippen molar-refractivity contribution in [3.63, 3.8) is 0 Å². The van der Waals surface area contributed by atoms with Gasteiger partial charge in [-0.2, -0.15) is 5.10 Å². The predicted octanol–water partition coefficient (Wildman–Crippen LogP) is 1.54. The summed E-state index contributed by atoms with van der Waals surface area (Å²) >= 11 is 0. The topological polar surface area (TPSA) is 131 Å². The van der Waals surface area contributed by atoms with Crippen LogP contribution in [-0.4, -0.2) is 40.7 Å². The molecule has 0 unspecified atom stereocenters. The third-order valence-electron chi connectivity index (χ3n) is 4.93. The van der Waals surface area contributed by atoms with Crippen LogP contribution in [0.1, 0.15) is 36.7 Å². The molecule has 0 aliphatic rings. The predicted molar refractivity (Wildman–Crippen MR) is 126 cm³/mol. The third-order valence-corrected chi connectivity index (χ3v) is 4.93. The number of amides is 3. The standard InChI is InChI=1S/C24H27N5O5/c1-2-3-9-14-29-24(33)19-13-8-7-12-18(19)22(28-29)23(32)27-26-20(30)15-25-21(31)16-34-17-10-5-4-6-11-17/h4-8,10-13H,2-3,9,14-16H2,1H3,(H,25,31)(H,26,30)(H,27,32). The van der Waals surface area contributed by atoms with E-state index in [1.165, 1.54) is 4.68 Å². The zero-order valence-corrected chi connectivity index (χ0v) is 18.9. The smallest absolute Gasteiger partial charge is 0.290 e. The molecule has 3 aromatic rings. The van der Waals surface area contributed by atoms with Crippen molar-refractivity contribution in [1.29, 1.82) is 0 Å². The van der Waals surface area contributed by atoms with Gasteiger partial charge < -0.3 is 10.1 Å². The molecule has 0 spiro atoms. The molecule has 0 aliphatic carbocycles. The van der Waals surface area contributed by atoms with E-state index in [1.807, 2.05) is 6.07 Å². The fraction of sp³-hybridized carbons (Fsp3) is 0.292. The van der Waals surface area contributed by atoms with Crippen LogP contribution in [-0.2, 0) is 16.1 Å². The van der Waals surface area contributed by atoms with Gasteiger partial charge in [-0.05, 0) is 24.6 Å². The number of nitrogens with zero attached hydrogens (tertiary/aromatic N) is 2. The lowest BCUT2D eigenvalue weighted by Gasteiger charge is -2.12. The van der Waals surface area contributed by atoms with E-state index in [-0.39, 0.29) is 24.4 Å². The zero-order valence-electron chi connectivity index (χ0n) is 18.9. The number of carbonyl (C=O) groups is 3. The molecular formula is C24H27N5O5. The Hall–Kier alpha value is -4.21. The fourth-order valence-corrected chi connectivity index (χ4v) is 3.19. The molecule has 1 heterocycles. The van der Waals surface area contributed by atoms with Crippen LogP contribution in [0.25, 0.3) is 10.8 Å². The van der Waals surface area contributed by atoms with Gasteiger partial charge in [-0.3, -0.25) is 30.0 Å². The van der Waals surface area contributed by atoms with Crippen LogP contribution >= 0.6 is 0 Å². The van der Waals surface area contributed by atoms with E-state index in [0.717, 1.165) is 19.3 Å². The Morgan fingerprint density at radius 3 is 2.35 bits per heavy atom. The van der Waals surface area contributed by atoms with E-state index in [2.05, 4.69) is 28.2 Å². The first kappa shape index (κ1) is 24.4. The molecule has 10 heteroatoms. The fourth-order valence-electron chi connectivity index (χ4n) is 3.19. The van der Waals surface area contributed by atoms with Crippen LogP contribution in [0.3, 0.4) is 0 Å². The molecule has 3 rings (SSSR count). The maximum atomic E-state index is 12.7. The van der Waals surface area contributed by atoms with Gasteiger partial charge in [0, 0.05) is 11.9 Å². The maximum Gasteiger partial charge on any atom is 0.290 e. The highest BCUT2D eigenvalue weighted by atomic mass is 16.5. The summed E-state index contributed by atoms with van der Waals surface area (Å²) in [5.74, 6) is -1.27. The van der Waals surface area contributed by atoms with Crippen molar-refractivity contribution >= 4 is 28.5 Å². The highest BCUT2D eigenvalue weighted by Gasteiger charge is 2.17. The van der Waals surface area contributed by atoms with Gasteiger partial charge in [-0.15, -0.1) is 0 Å². The normalized spacial score (nSPS) is 10.5. The van der Waals surface area contributed by atoms with Crippen LogP contribution in [0, 0.1) is 0 Å². The van der Waals surface area contributed by atoms with Crippen LogP contribution in [0.2, 0.25) is 0 Å². The van der Waals surface area contributed by atoms with E-state index in [0.29, 0.717) is 23.1 Å². The number of hydrogen-bond acceptors (Lipinski definition) is 6. The Morgan fingerprint density at radius 2 is 1.62 bits per heavy atom. The van der Waals surface area contributed by atoms with Crippen molar-refractivity contribution in [3.8, 4) is 5.75 Å². The lowest BCUT2D eigenvalue weighted by molar-refractivity contribution is -0.127. The summed E-state index contributed by atoms with van der Waals surface area (Å²) < 4.78 is 6.58. The number of aryl methyl sites for hydroxylation is 1. The molecule has 2 aromatic carbocycles. The first-order valence-corrected chi connectivity index (χ1v) is 11.0. The number of benzene rings is 2. The van der Waals surface area contributed by atoms with Crippen LogP contribution in [0.15, 0.2) is 59.4 Å². The molecule has 34 heavy (non-hydrogen) atoms. The molecule has 0 atom stereocenters. The monoisotopic (exact) mass is 465 g/mol. The first-order valence-electron chi connectivity index (χ1n) is 11.0. The largest absolute Gasteiger partial charge is 0.484 e. The molecule has 3 amide bonds. The van der Waals surface area contributed by atoms with E-state index >= 15 is 0 Å². The number of fused-ring (bicyclic) bond motifs is 1. The molecule has 0 fully saturated rings. The lowest BCUT2D eigenvalue weighted by Crippen LogP contribution is -2.47. The minimum absolute atomic E-state index is 0.0206. The number of ether oxygens (including phenoxy) is 1. The average molecular weight is 466 g/mol. The maximum absolute atomic E-state index is 12.7. The van der Waals surface area contributed by atoms with Crippen molar-refractivity contribution < 1.29 is 19.1 Å². The molecular weight excluding hydrogens is 438 g/mol. The summed E-state index contributed by atoms with van der Waals surface area (Å²) in [7, 11) is 0. The summed E-state index contributed by atoms with van der Waals surface area (Å²) in [6.45, 7) is 1.83. The molecule has 1 aromatic heterocycles. The van der Waals surface area contributed by atoms with Gasteiger partial charge in [-0.1, -0.05) is 56.2 Å². The van der Waals surface area contributed by atoms with Gasteiger partial charge in [-0.25, -0.2) is 4.68 Å². The van der Waals surface area contributed by atoms with E-state index in [4.69, 9.17) is 4.74 Å².